The van der Waals surface area contributed by atoms with Gasteiger partial charge >= 0.3 is 17.6 Å². The summed E-state index contributed by atoms with van der Waals surface area (Å²) in [5.74, 6) is -1.68. The molecular weight excluding hydrogens is 328 g/mol. The van der Waals surface area contributed by atoms with Crippen LogP contribution in [0.4, 0.5) is 5.69 Å². The number of hydrogen-bond acceptors (Lipinski definition) is 6. The lowest BCUT2D eigenvalue weighted by Crippen LogP contribution is -2.12. The van der Waals surface area contributed by atoms with Gasteiger partial charge < -0.3 is 15.2 Å². The Hall–Kier alpha value is -3.68. The predicted octanol–water partition coefficient (Wildman–Crippen LogP) is 2.83. The Labute approximate surface area is 141 Å². The van der Waals surface area contributed by atoms with Crippen LogP contribution >= 0.6 is 0 Å². The lowest BCUT2D eigenvalue weighted by atomic mass is 10.0. The van der Waals surface area contributed by atoms with Crippen LogP contribution in [-0.2, 0) is 4.74 Å². The molecule has 2 N–H and O–H groups in total. The molecule has 0 saturated carbocycles. The minimum Gasteiger partial charge on any atom is -0.478 e. The Kier molecular flexibility index (Phi) is 4.17. The molecule has 3 rings (SSSR count). The van der Waals surface area contributed by atoms with E-state index < -0.39 is 23.0 Å². The number of carboxylic acid groups (broad SMARTS) is 1. The first-order valence-corrected chi connectivity index (χ1v) is 7.21. The van der Waals surface area contributed by atoms with Crippen molar-refractivity contribution in [2.75, 3.05) is 5.32 Å². The van der Waals surface area contributed by atoms with Gasteiger partial charge in [-0.3, -0.25) is 10.1 Å². The minimum absolute atomic E-state index is 0.0997. The molecule has 0 aromatic heterocycles. The van der Waals surface area contributed by atoms with Crippen molar-refractivity contribution in [1.82, 2.24) is 0 Å². The fourth-order valence-corrected chi connectivity index (χ4v) is 2.46. The molecule has 0 amide bonds. The van der Waals surface area contributed by atoms with Gasteiger partial charge in [-0.1, -0.05) is 18.2 Å². The van der Waals surface area contributed by atoms with Crippen molar-refractivity contribution < 1.29 is 24.4 Å². The quantitative estimate of drug-likeness (QED) is 0.488. The third kappa shape index (κ3) is 3.18. The summed E-state index contributed by atoms with van der Waals surface area (Å²) in [5, 5.41) is 23.0. The van der Waals surface area contributed by atoms with Crippen LogP contribution in [0.15, 0.2) is 60.4 Å². The molecule has 1 heterocycles. The summed E-state index contributed by atoms with van der Waals surface area (Å²) in [6.07, 6.45) is 0.0278. The molecule has 1 aliphatic heterocycles. The van der Waals surface area contributed by atoms with Gasteiger partial charge in [0, 0.05) is 11.3 Å². The van der Waals surface area contributed by atoms with Gasteiger partial charge in [-0.2, -0.15) is 0 Å². The number of nitrogens with one attached hydrogen (secondary N) is 1. The Morgan fingerprint density at radius 2 is 1.88 bits per heavy atom. The molecule has 1 unspecified atom stereocenters. The number of carboxylic acids is 1. The number of cyclic esters (lactones) is 1. The van der Waals surface area contributed by atoms with Crippen LogP contribution in [0.25, 0.3) is 0 Å². The fourth-order valence-electron chi connectivity index (χ4n) is 2.46. The molecule has 8 heteroatoms. The highest BCUT2D eigenvalue weighted by atomic mass is 16.6. The summed E-state index contributed by atoms with van der Waals surface area (Å²) in [5.41, 5.74) is 0.954. The van der Waals surface area contributed by atoms with Gasteiger partial charge in [0.25, 0.3) is 0 Å². The number of benzene rings is 2. The number of carbonyl (C=O) groups excluding carboxylic acids is 1. The second-order valence-corrected chi connectivity index (χ2v) is 5.23. The highest BCUT2D eigenvalue weighted by molar-refractivity contribution is 5.94. The molecule has 126 valence electrons. The number of aromatic carboxylic acids is 1. The Balaban J connectivity index is 1.87. The lowest BCUT2D eigenvalue weighted by molar-refractivity contribution is -0.436. The normalized spacial score (nSPS) is 16.1. The van der Waals surface area contributed by atoms with E-state index in [4.69, 9.17) is 9.84 Å². The standard InChI is InChI=1S/C17H12N2O6/c20-16(21)10-5-7-11(8-6-10)18-9-14(19(23)24)15-12-3-1-2-4-13(12)17(22)25-15/h1-9,15,18H,(H,20,21)/b14-9+. The van der Waals surface area contributed by atoms with E-state index >= 15 is 0 Å². The second-order valence-electron chi connectivity index (χ2n) is 5.23. The molecule has 0 radical (unpaired) electrons. The van der Waals surface area contributed by atoms with Crippen LogP contribution in [0.1, 0.15) is 32.4 Å². The maximum atomic E-state index is 11.8. The molecule has 8 nitrogen and oxygen atoms in total. The number of hydrogen-bond donors (Lipinski definition) is 2. The topological polar surface area (TPSA) is 119 Å². The van der Waals surface area contributed by atoms with Crippen LogP contribution in [0, 0.1) is 10.1 Å². The average Bonchev–Trinajstić information content (AvgIpc) is 2.92. The number of nitrogens with zero attached hydrogens (tertiary/aromatic N) is 1. The van der Waals surface area contributed by atoms with E-state index in [1.165, 1.54) is 24.3 Å². The van der Waals surface area contributed by atoms with Crippen molar-refractivity contribution >= 4 is 17.6 Å². The van der Waals surface area contributed by atoms with Gasteiger partial charge in [0.2, 0.25) is 6.10 Å². The van der Waals surface area contributed by atoms with Gasteiger partial charge in [-0.15, -0.1) is 0 Å². The highest BCUT2D eigenvalue weighted by Crippen LogP contribution is 2.35. The maximum Gasteiger partial charge on any atom is 0.339 e. The van der Waals surface area contributed by atoms with Gasteiger partial charge in [0.1, 0.15) is 0 Å². The first-order chi connectivity index (χ1) is 12.0. The van der Waals surface area contributed by atoms with Crippen molar-refractivity contribution in [1.29, 1.82) is 0 Å². The number of nitro groups is 1. The molecule has 25 heavy (non-hydrogen) atoms. The number of ether oxygens (including phenoxy) is 1. The van der Waals surface area contributed by atoms with Crippen LogP contribution < -0.4 is 5.32 Å². The number of fused-ring (bicyclic) bond motifs is 1. The monoisotopic (exact) mass is 340 g/mol. The van der Waals surface area contributed by atoms with Crippen molar-refractivity contribution in [2.45, 2.75) is 6.10 Å². The minimum atomic E-state index is -1.11. The molecule has 0 fully saturated rings. The second kappa shape index (κ2) is 6.44. The number of anilines is 1. The van der Waals surface area contributed by atoms with E-state index in [1.54, 1.807) is 24.3 Å². The van der Waals surface area contributed by atoms with Gasteiger partial charge in [0.15, 0.2) is 0 Å². The molecule has 2 aromatic carbocycles. The molecule has 0 spiro atoms. The Bertz CT molecular complexity index is 888. The molecule has 1 aliphatic rings. The van der Waals surface area contributed by atoms with Gasteiger partial charge in [0.05, 0.1) is 22.3 Å². The highest BCUT2D eigenvalue weighted by Gasteiger charge is 2.39. The Morgan fingerprint density at radius 1 is 1.20 bits per heavy atom. The van der Waals surface area contributed by atoms with Crippen molar-refractivity contribution in [2.24, 2.45) is 0 Å². The van der Waals surface area contributed by atoms with E-state index in [2.05, 4.69) is 5.32 Å². The summed E-state index contributed by atoms with van der Waals surface area (Å²) in [7, 11) is 0. The summed E-state index contributed by atoms with van der Waals surface area (Å²) in [4.78, 5) is 33.4. The molecule has 1 atom stereocenters. The van der Waals surface area contributed by atoms with Crippen molar-refractivity contribution in [3.05, 3.63) is 87.2 Å². The van der Waals surface area contributed by atoms with E-state index in [-0.39, 0.29) is 11.3 Å². The largest absolute Gasteiger partial charge is 0.478 e. The molecule has 2 aromatic rings. The van der Waals surface area contributed by atoms with E-state index in [0.717, 1.165) is 6.20 Å². The van der Waals surface area contributed by atoms with Gasteiger partial charge in [-0.05, 0) is 30.3 Å². The third-order valence-corrected chi connectivity index (χ3v) is 3.69. The predicted molar refractivity (Wildman–Crippen MR) is 86.7 cm³/mol. The Morgan fingerprint density at radius 3 is 2.52 bits per heavy atom. The van der Waals surface area contributed by atoms with E-state index in [9.17, 15) is 19.7 Å². The third-order valence-electron chi connectivity index (χ3n) is 3.69. The molecular formula is C17H12N2O6. The van der Waals surface area contributed by atoms with Crippen LogP contribution in [0.2, 0.25) is 0 Å². The lowest BCUT2D eigenvalue weighted by Gasteiger charge is -2.09. The summed E-state index contributed by atoms with van der Waals surface area (Å²) in [6.45, 7) is 0. The van der Waals surface area contributed by atoms with Gasteiger partial charge in [-0.25, -0.2) is 9.59 Å². The van der Waals surface area contributed by atoms with Crippen molar-refractivity contribution in [3.63, 3.8) is 0 Å². The molecule has 0 aliphatic carbocycles. The molecule has 0 bridgehead atoms. The van der Waals surface area contributed by atoms with E-state index in [1.807, 2.05) is 0 Å². The smallest absolute Gasteiger partial charge is 0.339 e. The summed E-state index contributed by atoms with van der Waals surface area (Å²) in [6, 6.07) is 12.2. The number of carbonyl (C=O) groups is 2. The van der Waals surface area contributed by atoms with Crippen LogP contribution in [0.3, 0.4) is 0 Å². The number of rotatable bonds is 5. The summed E-state index contributed by atoms with van der Waals surface area (Å²) >= 11 is 0. The maximum absolute atomic E-state index is 11.8. The van der Waals surface area contributed by atoms with E-state index in [0.29, 0.717) is 16.8 Å². The zero-order valence-electron chi connectivity index (χ0n) is 12.7. The van der Waals surface area contributed by atoms with Crippen LogP contribution in [0.5, 0.6) is 0 Å². The first-order valence-electron chi connectivity index (χ1n) is 7.21. The number of esters is 1. The average molecular weight is 340 g/mol. The zero-order chi connectivity index (χ0) is 18.0. The van der Waals surface area contributed by atoms with Crippen LogP contribution in [-0.4, -0.2) is 22.0 Å². The fraction of sp³-hybridized carbons (Fsp3) is 0.0588. The first kappa shape index (κ1) is 16.2. The SMILES string of the molecule is O=C(O)c1ccc(N/C=C(\C2OC(=O)c3ccccc32)[N+](=O)[O-])cc1. The van der Waals surface area contributed by atoms with Crippen molar-refractivity contribution in [3.8, 4) is 0 Å². The summed E-state index contributed by atoms with van der Waals surface area (Å²) < 4.78 is 5.13. The molecule has 0 saturated heterocycles. The zero-order valence-corrected chi connectivity index (χ0v) is 12.7.